The van der Waals surface area contributed by atoms with Crippen molar-refractivity contribution in [2.24, 2.45) is 0 Å². The monoisotopic (exact) mass is 285 g/mol. The van der Waals surface area contributed by atoms with Gasteiger partial charge in [0, 0.05) is 18.3 Å². The Morgan fingerprint density at radius 1 is 1.14 bits per heavy atom. The zero-order chi connectivity index (χ0) is 15.4. The van der Waals surface area contributed by atoms with E-state index in [2.05, 4.69) is 68.9 Å². The lowest BCUT2D eigenvalue weighted by atomic mass is 10.1. The number of hydrogen-bond acceptors (Lipinski definition) is 2. The highest BCUT2D eigenvalue weighted by atomic mass is 15.3. The average molecular weight is 285 g/mol. The van der Waals surface area contributed by atoms with E-state index < -0.39 is 0 Å². The lowest BCUT2D eigenvalue weighted by molar-refractivity contribution is 0.580. The van der Waals surface area contributed by atoms with Crippen LogP contribution in [0.3, 0.4) is 0 Å². The molecule has 1 aromatic carbocycles. The van der Waals surface area contributed by atoms with Gasteiger partial charge in [-0.2, -0.15) is 5.10 Å². The van der Waals surface area contributed by atoms with Gasteiger partial charge in [-0.15, -0.1) is 0 Å². The van der Waals surface area contributed by atoms with E-state index in [1.54, 1.807) is 0 Å². The third-order valence-electron chi connectivity index (χ3n) is 4.02. The summed E-state index contributed by atoms with van der Waals surface area (Å²) in [6.45, 7) is 12.6. The Morgan fingerprint density at radius 2 is 1.81 bits per heavy atom. The molecule has 3 heteroatoms. The van der Waals surface area contributed by atoms with Crippen LogP contribution in [-0.4, -0.2) is 15.8 Å². The maximum atomic E-state index is 4.71. The Morgan fingerprint density at radius 3 is 2.38 bits per heavy atom. The van der Waals surface area contributed by atoms with E-state index >= 15 is 0 Å². The molecule has 2 aromatic rings. The van der Waals surface area contributed by atoms with Gasteiger partial charge in [0.2, 0.25) is 0 Å². The molecule has 1 heterocycles. The molecule has 0 aliphatic rings. The highest BCUT2D eigenvalue weighted by molar-refractivity contribution is 5.30. The Labute approximate surface area is 128 Å². The van der Waals surface area contributed by atoms with Crippen LogP contribution in [0.25, 0.3) is 0 Å². The standard InChI is InChI=1S/C18H27N3/c1-6-18-14(4)20-21(15(18)5)12-17-10-8-7-9-16(17)11-19-13(2)3/h7-10,13,19H,6,11-12H2,1-5H3. The Balaban J connectivity index is 2.23. The van der Waals surface area contributed by atoms with E-state index in [1.165, 1.54) is 22.4 Å². The lowest BCUT2D eigenvalue weighted by Gasteiger charge is -2.13. The van der Waals surface area contributed by atoms with Crippen molar-refractivity contribution in [3.05, 3.63) is 52.3 Å². The number of aromatic nitrogens is 2. The third-order valence-corrected chi connectivity index (χ3v) is 4.02. The quantitative estimate of drug-likeness (QED) is 0.878. The Hall–Kier alpha value is -1.61. The molecule has 1 aromatic heterocycles. The second-order valence-corrected chi connectivity index (χ2v) is 5.96. The van der Waals surface area contributed by atoms with Crippen molar-refractivity contribution in [3.8, 4) is 0 Å². The van der Waals surface area contributed by atoms with Crippen molar-refractivity contribution in [2.75, 3.05) is 0 Å². The summed E-state index contributed by atoms with van der Waals surface area (Å²) in [5, 5.41) is 8.21. The molecule has 0 atom stereocenters. The molecule has 0 spiro atoms. The largest absolute Gasteiger partial charge is 0.310 e. The number of benzene rings is 1. The topological polar surface area (TPSA) is 29.9 Å². The minimum Gasteiger partial charge on any atom is -0.310 e. The molecule has 0 unspecified atom stereocenters. The first kappa shape index (κ1) is 15.8. The van der Waals surface area contributed by atoms with Crippen LogP contribution in [0, 0.1) is 13.8 Å². The first-order chi connectivity index (χ1) is 10.0. The van der Waals surface area contributed by atoms with Crippen LogP contribution in [0.4, 0.5) is 0 Å². The predicted octanol–water partition coefficient (Wildman–Crippen LogP) is 3.61. The maximum Gasteiger partial charge on any atom is 0.0665 e. The van der Waals surface area contributed by atoms with E-state index in [4.69, 9.17) is 5.10 Å². The van der Waals surface area contributed by atoms with E-state index in [0.29, 0.717) is 6.04 Å². The summed E-state index contributed by atoms with van der Waals surface area (Å²) in [6, 6.07) is 9.13. The van der Waals surface area contributed by atoms with Gasteiger partial charge in [-0.3, -0.25) is 4.68 Å². The van der Waals surface area contributed by atoms with Crippen LogP contribution >= 0.6 is 0 Å². The SMILES string of the molecule is CCc1c(C)nn(Cc2ccccc2CNC(C)C)c1C. The van der Waals surface area contributed by atoms with E-state index in [-0.39, 0.29) is 0 Å². The van der Waals surface area contributed by atoms with Crippen molar-refractivity contribution in [1.82, 2.24) is 15.1 Å². The number of aryl methyl sites for hydroxylation is 1. The zero-order valence-corrected chi connectivity index (χ0v) is 13.9. The van der Waals surface area contributed by atoms with Crippen molar-refractivity contribution >= 4 is 0 Å². The van der Waals surface area contributed by atoms with E-state index in [9.17, 15) is 0 Å². The van der Waals surface area contributed by atoms with E-state index in [1.807, 2.05) is 0 Å². The first-order valence-electron chi connectivity index (χ1n) is 7.86. The highest BCUT2D eigenvalue weighted by Gasteiger charge is 2.11. The molecule has 0 amide bonds. The second kappa shape index (κ2) is 6.90. The third kappa shape index (κ3) is 3.73. The lowest BCUT2D eigenvalue weighted by Crippen LogP contribution is -2.22. The summed E-state index contributed by atoms with van der Waals surface area (Å²) < 4.78 is 2.14. The predicted molar refractivity (Wildman–Crippen MR) is 88.6 cm³/mol. The molecule has 3 nitrogen and oxygen atoms in total. The zero-order valence-electron chi connectivity index (χ0n) is 13.9. The van der Waals surface area contributed by atoms with Crippen LogP contribution in [0.15, 0.2) is 24.3 Å². The molecule has 0 aliphatic carbocycles. The van der Waals surface area contributed by atoms with Gasteiger partial charge >= 0.3 is 0 Å². The molecular formula is C18H27N3. The average Bonchev–Trinajstić information content (AvgIpc) is 2.72. The molecule has 0 saturated carbocycles. The summed E-state index contributed by atoms with van der Waals surface area (Å²) in [4.78, 5) is 0. The molecule has 2 rings (SSSR count). The second-order valence-electron chi connectivity index (χ2n) is 5.96. The van der Waals surface area contributed by atoms with Gasteiger partial charge in [0.15, 0.2) is 0 Å². The normalized spacial score (nSPS) is 11.3. The van der Waals surface area contributed by atoms with Crippen molar-refractivity contribution in [1.29, 1.82) is 0 Å². The number of hydrogen-bond donors (Lipinski definition) is 1. The molecule has 21 heavy (non-hydrogen) atoms. The maximum absolute atomic E-state index is 4.71. The molecule has 0 aliphatic heterocycles. The summed E-state index contributed by atoms with van der Waals surface area (Å²) >= 11 is 0. The van der Waals surface area contributed by atoms with Crippen molar-refractivity contribution in [2.45, 2.75) is 60.2 Å². The molecule has 0 saturated heterocycles. The van der Waals surface area contributed by atoms with Gasteiger partial charge in [0.25, 0.3) is 0 Å². The Kier molecular flexibility index (Phi) is 5.18. The van der Waals surface area contributed by atoms with Crippen LogP contribution < -0.4 is 5.32 Å². The number of rotatable bonds is 6. The van der Waals surface area contributed by atoms with Gasteiger partial charge in [-0.1, -0.05) is 45.0 Å². The van der Waals surface area contributed by atoms with Gasteiger partial charge in [0.1, 0.15) is 0 Å². The van der Waals surface area contributed by atoms with E-state index in [0.717, 1.165) is 25.2 Å². The molecule has 114 valence electrons. The summed E-state index contributed by atoms with van der Waals surface area (Å²) in [5.74, 6) is 0. The van der Waals surface area contributed by atoms with Gasteiger partial charge in [0.05, 0.1) is 12.2 Å². The van der Waals surface area contributed by atoms with Gasteiger partial charge < -0.3 is 5.32 Å². The van der Waals surface area contributed by atoms with Crippen LogP contribution in [-0.2, 0) is 19.5 Å². The molecule has 1 N–H and O–H groups in total. The highest BCUT2D eigenvalue weighted by Crippen LogP contribution is 2.17. The van der Waals surface area contributed by atoms with Crippen LogP contribution in [0.5, 0.6) is 0 Å². The number of nitrogens with zero attached hydrogens (tertiary/aromatic N) is 2. The smallest absolute Gasteiger partial charge is 0.0665 e. The minimum absolute atomic E-state index is 0.499. The van der Waals surface area contributed by atoms with Crippen molar-refractivity contribution in [3.63, 3.8) is 0 Å². The molecular weight excluding hydrogens is 258 g/mol. The van der Waals surface area contributed by atoms with Crippen molar-refractivity contribution < 1.29 is 0 Å². The number of nitrogens with one attached hydrogen (secondary N) is 1. The first-order valence-corrected chi connectivity index (χ1v) is 7.86. The van der Waals surface area contributed by atoms with Crippen LogP contribution in [0.1, 0.15) is 48.8 Å². The van der Waals surface area contributed by atoms with Gasteiger partial charge in [-0.05, 0) is 37.0 Å². The molecule has 0 bridgehead atoms. The fraction of sp³-hybridized carbons (Fsp3) is 0.500. The van der Waals surface area contributed by atoms with Crippen LogP contribution in [0.2, 0.25) is 0 Å². The fourth-order valence-electron chi connectivity index (χ4n) is 2.76. The van der Waals surface area contributed by atoms with Gasteiger partial charge in [-0.25, -0.2) is 0 Å². The summed E-state index contributed by atoms with van der Waals surface area (Å²) in [6.07, 6.45) is 1.05. The Bertz CT molecular complexity index is 597. The molecule has 0 fully saturated rings. The fourth-order valence-corrected chi connectivity index (χ4v) is 2.76. The molecule has 0 radical (unpaired) electrons. The summed E-state index contributed by atoms with van der Waals surface area (Å²) in [7, 11) is 0. The summed E-state index contributed by atoms with van der Waals surface area (Å²) in [5.41, 5.74) is 6.54. The minimum atomic E-state index is 0.499.